The molecule has 166 valence electrons. The maximum atomic E-state index is 12.8. The van der Waals surface area contributed by atoms with Crippen molar-refractivity contribution in [2.45, 2.75) is 0 Å². The Hall–Kier alpha value is -4.22. The lowest BCUT2D eigenvalue weighted by atomic mass is 10.0. The molecule has 5 rings (SSSR count). The molecule has 0 saturated carbocycles. The molecule has 34 heavy (non-hydrogen) atoms. The molecule has 0 aliphatic heterocycles. The average molecular weight is 463 g/mol. The van der Waals surface area contributed by atoms with E-state index in [4.69, 9.17) is 9.72 Å². The molecule has 0 fully saturated rings. The number of carbonyl (C=O) groups is 1. The fourth-order valence-electron chi connectivity index (χ4n) is 3.72. The lowest BCUT2D eigenvalue weighted by Crippen LogP contribution is -2.11. The first kappa shape index (κ1) is 21.6. The molecule has 5 heteroatoms. The normalized spacial score (nSPS) is 10.6. The van der Waals surface area contributed by atoms with Crippen LogP contribution in [0.1, 0.15) is 10.4 Å². The highest BCUT2D eigenvalue weighted by Gasteiger charge is 2.17. The topological polar surface area (TPSA) is 51.2 Å². The van der Waals surface area contributed by atoms with Gasteiger partial charge in [0.2, 0.25) is 0 Å². The Morgan fingerprint density at radius 2 is 1.26 bits per heavy atom. The molecule has 4 nitrogen and oxygen atoms in total. The summed E-state index contributed by atoms with van der Waals surface area (Å²) in [6.45, 7) is 0. The third-order valence-corrected chi connectivity index (χ3v) is 6.52. The van der Waals surface area contributed by atoms with E-state index in [1.165, 1.54) is 16.9 Å². The number of nitrogens with one attached hydrogen (secondary N) is 1. The van der Waals surface area contributed by atoms with Gasteiger partial charge in [-0.1, -0.05) is 96.3 Å². The van der Waals surface area contributed by atoms with Crippen molar-refractivity contribution >= 4 is 22.4 Å². The van der Waals surface area contributed by atoms with E-state index < -0.39 is 0 Å². The van der Waals surface area contributed by atoms with Gasteiger partial charge in [-0.2, -0.15) is 0 Å². The van der Waals surface area contributed by atoms with Gasteiger partial charge in [0, 0.05) is 11.1 Å². The van der Waals surface area contributed by atoms with E-state index in [0.717, 1.165) is 27.3 Å². The van der Waals surface area contributed by atoms with E-state index in [2.05, 4.69) is 41.7 Å². The number of hydrogen-bond acceptors (Lipinski definition) is 4. The Balaban J connectivity index is 1.48. The minimum atomic E-state index is -0.206. The van der Waals surface area contributed by atoms with Crippen molar-refractivity contribution in [1.29, 1.82) is 0 Å². The monoisotopic (exact) mass is 462 g/mol. The molecule has 1 aromatic heterocycles. The number of ether oxygens (including phenoxy) is 1. The van der Waals surface area contributed by atoms with Crippen LogP contribution in [-0.4, -0.2) is 18.0 Å². The molecule has 5 aromatic rings. The van der Waals surface area contributed by atoms with Gasteiger partial charge in [0.25, 0.3) is 5.91 Å². The molecule has 1 amide bonds. The highest BCUT2D eigenvalue weighted by molar-refractivity contribution is 7.19. The highest BCUT2D eigenvalue weighted by atomic mass is 32.1. The van der Waals surface area contributed by atoms with Crippen molar-refractivity contribution in [1.82, 2.24) is 4.98 Å². The number of carbonyl (C=O) groups excluding carboxylic acids is 1. The van der Waals surface area contributed by atoms with E-state index in [-0.39, 0.29) is 5.91 Å². The van der Waals surface area contributed by atoms with Crippen LogP contribution < -0.4 is 10.1 Å². The van der Waals surface area contributed by atoms with Gasteiger partial charge in [-0.05, 0) is 41.0 Å². The number of anilines is 1. The van der Waals surface area contributed by atoms with E-state index in [1.54, 1.807) is 31.4 Å². The molecule has 1 heterocycles. The summed E-state index contributed by atoms with van der Waals surface area (Å²) in [6, 6.07) is 35.8. The summed E-state index contributed by atoms with van der Waals surface area (Å²) in [5.41, 5.74) is 5.79. The lowest BCUT2D eigenvalue weighted by Gasteiger charge is -2.05. The molecule has 0 spiro atoms. The smallest absolute Gasteiger partial charge is 0.257 e. The van der Waals surface area contributed by atoms with Crippen molar-refractivity contribution in [3.63, 3.8) is 0 Å². The molecule has 0 unspecified atom stereocenters. The van der Waals surface area contributed by atoms with Crippen LogP contribution in [0.4, 0.5) is 5.13 Å². The van der Waals surface area contributed by atoms with Gasteiger partial charge >= 0.3 is 0 Å². The molecule has 0 radical (unpaired) electrons. The van der Waals surface area contributed by atoms with Crippen LogP contribution in [0.2, 0.25) is 0 Å². The molecule has 0 aliphatic carbocycles. The number of nitrogens with zero attached hydrogens (tertiary/aromatic N) is 1. The average Bonchev–Trinajstić information content (AvgIpc) is 3.33. The van der Waals surface area contributed by atoms with E-state index in [0.29, 0.717) is 16.4 Å². The Bertz CT molecular complexity index is 1390. The van der Waals surface area contributed by atoms with Crippen LogP contribution in [0, 0.1) is 0 Å². The molecule has 0 bridgehead atoms. The summed E-state index contributed by atoms with van der Waals surface area (Å²) in [5, 5.41) is 3.52. The second kappa shape index (κ2) is 9.73. The zero-order valence-corrected chi connectivity index (χ0v) is 19.4. The van der Waals surface area contributed by atoms with Crippen molar-refractivity contribution in [3.05, 3.63) is 115 Å². The van der Waals surface area contributed by atoms with Crippen molar-refractivity contribution in [2.24, 2.45) is 0 Å². The minimum Gasteiger partial charge on any atom is -0.497 e. The third-order valence-electron chi connectivity index (χ3n) is 5.50. The van der Waals surface area contributed by atoms with Gasteiger partial charge in [-0.25, -0.2) is 4.98 Å². The molecule has 0 aliphatic rings. The van der Waals surface area contributed by atoms with Crippen LogP contribution in [0.15, 0.2) is 109 Å². The van der Waals surface area contributed by atoms with Crippen LogP contribution >= 0.6 is 11.3 Å². The number of aromatic nitrogens is 1. The zero-order valence-electron chi connectivity index (χ0n) is 18.6. The largest absolute Gasteiger partial charge is 0.497 e. The van der Waals surface area contributed by atoms with Gasteiger partial charge in [-0.3, -0.25) is 10.1 Å². The lowest BCUT2D eigenvalue weighted by molar-refractivity contribution is 0.102. The molecule has 0 atom stereocenters. The Labute approximate surface area is 202 Å². The van der Waals surface area contributed by atoms with Crippen molar-refractivity contribution < 1.29 is 9.53 Å². The fraction of sp³-hybridized carbons (Fsp3) is 0.0345. The number of thiazole rings is 1. The highest BCUT2D eigenvalue weighted by Crippen LogP contribution is 2.39. The van der Waals surface area contributed by atoms with E-state index >= 15 is 0 Å². The van der Waals surface area contributed by atoms with Crippen molar-refractivity contribution in [3.8, 4) is 38.6 Å². The van der Waals surface area contributed by atoms with Crippen LogP contribution in [-0.2, 0) is 0 Å². The number of amides is 1. The molecular formula is C29H22N2O2S. The molecule has 0 saturated heterocycles. The zero-order chi connectivity index (χ0) is 23.3. The summed E-state index contributed by atoms with van der Waals surface area (Å²) < 4.78 is 5.18. The first-order valence-corrected chi connectivity index (χ1v) is 11.7. The predicted octanol–water partition coefficient (Wildman–Crippen LogP) is 7.41. The summed E-state index contributed by atoms with van der Waals surface area (Å²) >= 11 is 1.47. The van der Waals surface area contributed by atoms with Gasteiger partial charge in [-0.15, -0.1) is 0 Å². The number of methoxy groups -OCH3 is 1. The summed E-state index contributed by atoms with van der Waals surface area (Å²) in [4.78, 5) is 18.6. The molecular weight excluding hydrogens is 440 g/mol. The number of benzene rings is 4. The van der Waals surface area contributed by atoms with Crippen LogP contribution in [0.3, 0.4) is 0 Å². The minimum absolute atomic E-state index is 0.206. The van der Waals surface area contributed by atoms with Gasteiger partial charge < -0.3 is 4.74 Å². The number of hydrogen-bond donors (Lipinski definition) is 1. The maximum Gasteiger partial charge on any atom is 0.257 e. The van der Waals surface area contributed by atoms with Gasteiger partial charge in [0.15, 0.2) is 5.13 Å². The molecule has 1 N–H and O–H groups in total. The van der Waals surface area contributed by atoms with Gasteiger partial charge in [0.05, 0.1) is 17.7 Å². The second-order valence-corrected chi connectivity index (χ2v) is 8.69. The van der Waals surface area contributed by atoms with Crippen molar-refractivity contribution in [2.75, 3.05) is 12.4 Å². The quantitative estimate of drug-likeness (QED) is 0.286. The van der Waals surface area contributed by atoms with E-state index in [9.17, 15) is 4.79 Å². The standard InChI is InChI=1S/C29H22N2O2S/c1-33-25-18-16-24(17-19-25)28(32)31-29-30-26(22-10-6-3-7-11-22)27(34-29)23-14-12-21(13-15-23)20-8-4-2-5-9-20/h2-19H,1H3,(H,30,31,32). The van der Waals surface area contributed by atoms with E-state index in [1.807, 2.05) is 48.5 Å². The maximum absolute atomic E-state index is 12.8. The first-order chi connectivity index (χ1) is 16.7. The van der Waals surface area contributed by atoms with Gasteiger partial charge in [0.1, 0.15) is 5.75 Å². The number of rotatable bonds is 6. The van der Waals surface area contributed by atoms with Crippen LogP contribution in [0.5, 0.6) is 5.75 Å². The molecule has 4 aromatic carbocycles. The fourth-order valence-corrected chi connectivity index (χ4v) is 4.71. The summed E-state index contributed by atoms with van der Waals surface area (Å²) in [5.74, 6) is 0.500. The van der Waals surface area contributed by atoms with Crippen LogP contribution in [0.25, 0.3) is 32.8 Å². The summed E-state index contributed by atoms with van der Waals surface area (Å²) in [6.07, 6.45) is 0. The SMILES string of the molecule is COc1ccc(C(=O)Nc2nc(-c3ccccc3)c(-c3ccc(-c4ccccc4)cc3)s2)cc1. The predicted molar refractivity (Wildman–Crippen MR) is 139 cm³/mol. The Kier molecular flexibility index (Phi) is 6.19. The Morgan fingerprint density at radius 3 is 1.88 bits per heavy atom. The first-order valence-electron chi connectivity index (χ1n) is 10.9. The third kappa shape index (κ3) is 4.60. The second-order valence-electron chi connectivity index (χ2n) is 7.69. The Morgan fingerprint density at radius 1 is 0.706 bits per heavy atom. The summed E-state index contributed by atoms with van der Waals surface area (Å²) in [7, 11) is 1.60.